The standard InChI is InChI=1S/C17H28N2O/c1-5-6-14(11-18-15-7-8-15)9-16-13(3)17(20-4)12(2)10-19-16/h10,14-15,18H,5-9,11H2,1-4H3. The fraction of sp³-hybridized carbons (Fsp3) is 0.706. The maximum atomic E-state index is 5.51. The molecule has 1 atom stereocenters. The first-order valence-corrected chi connectivity index (χ1v) is 7.88. The van der Waals surface area contributed by atoms with Gasteiger partial charge in [-0.2, -0.15) is 0 Å². The molecule has 1 aliphatic carbocycles. The van der Waals surface area contributed by atoms with Gasteiger partial charge in [-0.05, 0) is 52.0 Å². The molecule has 0 bridgehead atoms. The van der Waals surface area contributed by atoms with Crippen molar-refractivity contribution < 1.29 is 4.74 Å². The van der Waals surface area contributed by atoms with E-state index in [9.17, 15) is 0 Å². The largest absolute Gasteiger partial charge is 0.496 e. The Morgan fingerprint density at radius 3 is 2.75 bits per heavy atom. The van der Waals surface area contributed by atoms with Gasteiger partial charge in [0.25, 0.3) is 0 Å². The molecule has 1 fully saturated rings. The molecule has 0 aliphatic heterocycles. The third-order valence-corrected chi connectivity index (χ3v) is 4.20. The molecule has 0 radical (unpaired) electrons. The number of rotatable bonds is 8. The lowest BCUT2D eigenvalue weighted by Gasteiger charge is -2.19. The number of nitrogens with zero attached hydrogens (tertiary/aromatic N) is 1. The van der Waals surface area contributed by atoms with Gasteiger partial charge in [-0.25, -0.2) is 0 Å². The van der Waals surface area contributed by atoms with Crippen LogP contribution in [0, 0.1) is 19.8 Å². The molecule has 1 aliphatic rings. The maximum Gasteiger partial charge on any atom is 0.128 e. The molecule has 0 spiro atoms. The van der Waals surface area contributed by atoms with Crippen molar-refractivity contribution >= 4 is 0 Å². The van der Waals surface area contributed by atoms with Gasteiger partial charge in [0, 0.05) is 29.1 Å². The number of methoxy groups -OCH3 is 1. The monoisotopic (exact) mass is 276 g/mol. The molecule has 1 unspecified atom stereocenters. The highest BCUT2D eigenvalue weighted by atomic mass is 16.5. The van der Waals surface area contributed by atoms with Crippen molar-refractivity contribution in [2.75, 3.05) is 13.7 Å². The Morgan fingerprint density at radius 1 is 1.40 bits per heavy atom. The first-order valence-electron chi connectivity index (χ1n) is 7.88. The second kappa shape index (κ2) is 7.07. The highest BCUT2D eigenvalue weighted by Gasteiger charge is 2.22. The zero-order valence-electron chi connectivity index (χ0n) is 13.3. The van der Waals surface area contributed by atoms with Crippen LogP contribution in [0.15, 0.2) is 6.20 Å². The van der Waals surface area contributed by atoms with Crippen LogP contribution in [0.4, 0.5) is 0 Å². The van der Waals surface area contributed by atoms with Crippen LogP contribution >= 0.6 is 0 Å². The Balaban J connectivity index is 2.04. The minimum atomic E-state index is 0.680. The minimum absolute atomic E-state index is 0.680. The van der Waals surface area contributed by atoms with E-state index in [0.717, 1.165) is 30.3 Å². The first kappa shape index (κ1) is 15.3. The molecule has 1 heterocycles. The summed E-state index contributed by atoms with van der Waals surface area (Å²) in [6, 6.07) is 0.788. The lowest BCUT2D eigenvalue weighted by Crippen LogP contribution is -2.26. The van der Waals surface area contributed by atoms with Crippen LogP contribution in [0.25, 0.3) is 0 Å². The Hall–Kier alpha value is -1.09. The van der Waals surface area contributed by atoms with Crippen LogP contribution in [0.1, 0.15) is 49.4 Å². The number of hydrogen-bond donors (Lipinski definition) is 1. The third-order valence-electron chi connectivity index (χ3n) is 4.20. The van der Waals surface area contributed by atoms with Crippen LogP contribution in [0.5, 0.6) is 5.75 Å². The molecule has 0 amide bonds. The first-order chi connectivity index (χ1) is 9.65. The molecular formula is C17H28N2O. The van der Waals surface area contributed by atoms with Crippen molar-refractivity contribution in [2.45, 2.75) is 58.9 Å². The summed E-state index contributed by atoms with van der Waals surface area (Å²) < 4.78 is 5.51. The highest BCUT2D eigenvalue weighted by Crippen LogP contribution is 2.26. The van der Waals surface area contributed by atoms with Crippen molar-refractivity contribution in [1.29, 1.82) is 0 Å². The summed E-state index contributed by atoms with van der Waals surface area (Å²) in [5.41, 5.74) is 3.53. The van der Waals surface area contributed by atoms with E-state index in [1.807, 2.05) is 6.20 Å². The van der Waals surface area contributed by atoms with Crippen molar-refractivity contribution in [3.05, 3.63) is 23.0 Å². The van der Waals surface area contributed by atoms with E-state index in [1.54, 1.807) is 7.11 Å². The molecule has 20 heavy (non-hydrogen) atoms. The maximum absolute atomic E-state index is 5.51. The van der Waals surface area contributed by atoms with Crippen molar-refractivity contribution in [3.63, 3.8) is 0 Å². The lowest BCUT2D eigenvalue weighted by atomic mass is 9.95. The van der Waals surface area contributed by atoms with Crippen molar-refractivity contribution in [3.8, 4) is 5.75 Å². The van der Waals surface area contributed by atoms with Gasteiger partial charge >= 0.3 is 0 Å². The molecule has 1 aromatic rings. The van der Waals surface area contributed by atoms with E-state index in [0.29, 0.717) is 5.92 Å². The quantitative estimate of drug-likeness (QED) is 0.790. The second-order valence-corrected chi connectivity index (χ2v) is 6.09. The SMILES string of the molecule is CCCC(CNC1CC1)Cc1ncc(C)c(OC)c1C. The molecule has 1 N–H and O–H groups in total. The summed E-state index contributed by atoms with van der Waals surface area (Å²) in [4.78, 5) is 4.64. The van der Waals surface area contributed by atoms with Gasteiger partial charge in [0.1, 0.15) is 5.75 Å². The minimum Gasteiger partial charge on any atom is -0.496 e. The number of aromatic nitrogens is 1. The molecule has 112 valence electrons. The fourth-order valence-electron chi connectivity index (χ4n) is 2.86. The predicted molar refractivity (Wildman–Crippen MR) is 83.4 cm³/mol. The summed E-state index contributed by atoms with van der Waals surface area (Å²) >= 11 is 0. The van der Waals surface area contributed by atoms with Crippen LogP contribution in [-0.2, 0) is 6.42 Å². The zero-order valence-corrected chi connectivity index (χ0v) is 13.3. The van der Waals surface area contributed by atoms with Gasteiger partial charge < -0.3 is 10.1 Å². The Bertz CT molecular complexity index is 441. The Kier molecular flexibility index (Phi) is 5.41. The predicted octanol–water partition coefficient (Wildman–Crippen LogP) is 3.42. The van der Waals surface area contributed by atoms with E-state index < -0.39 is 0 Å². The summed E-state index contributed by atoms with van der Waals surface area (Å²) in [6.07, 6.45) is 8.20. The summed E-state index contributed by atoms with van der Waals surface area (Å²) in [5.74, 6) is 1.68. The number of aryl methyl sites for hydroxylation is 1. The topological polar surface area (TPSA) is 34.2 Å². The highest BCUT2D eigenvalue weighted by molar-refractivity contribution is 5.41. The van der Waals surface area contributed by atoms with Crippen LogP contribution in [-0.4, -0.2) is 24.7 Å². The van der Waals surface area contributed by atoms with Gasteiger partial charge in [0.2, 0.25) is 0 Å². The van der Waals surface area contributed by atoms with Gasteiger partial charge in [-0.15, -0.1) is 0 Å². The molecule has 3 nitrogen and oxygen atoms in total. The molecule has 0 saturated heterocycles. The smallest absolute Gasteiger partial charge is 0.128 e. The zero-order chi connectivity index (χ0) is 14.5. The average molecular weight is 276 g/mol. The number of nitrogens with one attached hydrogen (secondary N) is 1. The van der Waals surface area contributed by atoms with Crippen molar-refractivity contribution in [2.24, 2.45) is 5.92 Å². The molecule has 1 aromatic heterocycles. The van der Waals surface area contributed by atoms with E-state index >= 15 is 0 Å². The molecule has 3 heteroatoms. The summed E-state index contributed by atoms with van der Waals surface area (Å²) in [6.45, 7) is 7.57. The second-order valence-electron chi connectivity index (χ2n) is 6.09. The molecule has 1 saturated carbocycles. The van der Waals surface area contributed by atoms with Crippen LogP contribution < -0.4 is 10.1 Å². The van der Waals surface area contributed by atoms with Crippen LogP contribution in [0.3, 0.4) is 0 Å². The van der Waals surface area contributed by atoms with E-state index in [4.69, 9.17) is 4.74 Å². The third kappa shape index (κ3) is 3.95. The Labute approximate surface area is 123 Å². The van der Waals surface area contributed by atoms with Crippen LogP contribution in [0.2, 0.25) is 0 Å². The fourth-order valence-corrected chi connectivity index (χ4v) is 2.86. The number of pyridine rings is 1. The number of hydrogen-bond acceptors (Lipinski definition) is 3. The van der Waals surface area contributed by atoms with Gasteiger partial charge in [0.05, 0.1) is 7.11 Å². The average Bonchev–Trinajstić information content (AvgIpc) is 3.24. The van der Waals surface area contributed by atoms with Gasteiger partial charge in [-0.1, -0.05) is 13.3 Å². The lowest BCUT2D eigenvalue weighted by molar-refractivity contribution is 0.402. The molecule has 2 rings (SSSR count). The number of ether oxygens (including phenoxy) is 1. The normalized spacial score (nSPS) is 16.2. The van der Waals surface area contributed by atoms with Gasteiger partial charge in [0.15, 0.2) is 0 Å². The molecular weight excluding hydrogens is 248 g/mol. The summed E-state index contributed by atoms with van der Waals surface area (Å²) in [5, 5.41) is 3.66. The van der Waals surface area contributed by atoms with E-state index in [2.05, 4.69) is 31.1 Å². The Morgan fingerprint density at radius 2 is 2.15 bits per heavy atom. The van der Waals surface area contributed by atoms with Crippen molar-refractivity contribution in [1.82, 2.24) is 10.3 Å². The van der Waals surface area contributed by atoms with Gasteiger partial charge in [-0.3, -0.25) is 4.98 Å². The van der Waals surface area contributed by atoms with E-state index in [1.165, 1.54) is 36.9 Å². The molecule has 0 aromatic carbocycles. The van der Waals surface area contributed by atoms with E-state index in [-0.39, 0.29) is 0 Å². The summed E-state index contributed by atoms with van der Waals surface area (Å²) in [7, 11) is 1.75.